The van der Waals surface area contributed by atoms with E-state index in [4.69, 9.17) is 0 Å². The SMILES string of the molecule is CC(c1ccccc1)N(CCN(C)C)Cc1ccccc1. The van der Waals surface area contributed by atoms with E-state index in [9.17, 15) is 0 Å². The maximum Gasteiger partial charge on any atom is 0.0323 e. The molecule has 0 amide bonds. The highest BCUT2D eigenvalue weighted by Gasteiger charge is 2.15. The zero-order valence-corrected chi connectivity index (χ0v) is 13.4. The van der Waals surface area contributed by atoms with Crippen molar-refractivity contribution < 1.29 is 0 Å². The lowest BCUT2D eigenvalue weighted by atomic mass is 10.1. The second-order valence-corrected chi connectivity index (χ2v) is 5.85. The minimum atomic E-state index is 0.423. The standard InChI is InChI=1S/C19H26N2/c1-17(19-12-8-5-9-13-19)21(15-14-20(2)3)16-18-10-6-4-7-11-18/h4-13,17H,14-16H2,1-3H3. The summed E-state index contributed by atoms with van der Waals surface area (Å²) in [5, 5.41) is 0. The molecule has 0 bridgehead atoms. The van der Waals surface area contributed by atoms with E-state index in [1.54, 1.807) is 0 Å². The molecule has 0 spiro atoms. The van der Waals surface area contributed by atoms with Crippen molar-refractivity contribution in [1.29, 1.82) is 0 Å². The van der Waals surface area contributed by atoms with E-state index in [2.05, 4.69) is 91.5 Å². The Balaban J connectivity index is 2.11. The number of nitrogens with zero attached hydrogens (tertiary/aromatic N) is 2. The average molecular weight is 282 g/mol. The Labute approximate surface area is 129 Å². The van der Waals surface area contributed by atoms with Crippen LogP contribution >= 0.6 is 0 Å². The van der Waals surface area contributed by atoms with Gasteiger partial charge in [-0.2, -0.15) is 0 Å². The third-order valence-corrected chi connectivity index (χ3v) is 3.89. The van der Waals surface area contributed by atoms with Gasteiger partial charge in [-0.05, 0) is 32.1 Å². The van der Waals surface area contributed by atoms with Gasteiger partial charge in [0.05, 0.1) is 0 Å². The van der Waals surface area contributed by atoms with E-state index in [0.29, 0.717) is 6.04 Å². The molecule has 1 unspecified atom stereocenters. The van der Waals surface area contributed by atoms with Crippen LogP contribution in [0.1, 0.15) is 24.1 Å². The van der Waals surface area contributed by atoms with Gasteiger partial charge in [0.2, 0.25) is 0 Å². The summed E-state index contributed by atoms with van der Waals surface area (Å²) >= 11 is 0. The highest BCUT2D eigenvalue weighted by Crippen LogP contribution is 2.21. The first-order valence-corrected chi connectivity index (χ1v) is 7.64. The lowest BCUT2D eigenvalue weighted by molar-refractivity contribution is 0.181. The zero-order valence-electron chi connectivity index (χ0n) is 13.4. The third-order valence-electron chi connectivity index (χ3n) is 3.89. The Morgan fingerprint density at radius 2 is 1.38 bits per heavy atom. The third kappa shape index (κ3) is 5.00. The Morgan fingerprint density at radius 3 is 1.95 bits per heavy atom. The van der Waals surface area contributed by atoms with Gasteiger partial charge in [-0.1, -0.05) is 60.7 Å². The summed E-state index contributed by atoms with van der Waals surface area (Å²) in [6.45, 7) is 5.43. The van der Waals surface area contributed by atoms with Crippen molar-refractivity contribution in [2.45, 2.75) is 19.5 Å². The number of hydrogen-bond donors (Lipinski definition) is 0. The van der Waals surface area contributed by atoms with Gasteiger partial charge in [0.25, 0.3) is 0 Å². The largest absolute Gasteiger partial charge is 0.308 e. The fourth-order valence-corrected chi connectivity index (χ4v) is 2.50. The normalized spacial score (nSPS) is 12.8. The van der Waals surface area contributed by atoms with Crippen LogP contribution in [0, 0.1) is 0 Å². The van der Waals surface area contributed by atoms with Crippen LogP contribution in [0.5, 0.6) is 0 Å². The van der Waals surface area contributed by atoms with Crippen molar-refractivity contribution in [3.8, 4) is 0 Å². The summed E-state index contributed by atoms with van der Waals surface area (Å²) in [5.41, 5.74) is 2.76. The molecule has 2 heteroatoms. The van der Waals surface area contributed by atoms with Gasteiger partial charge >= 0.3 is 0 Å². The first-order valence-electron chi connectivity index (χ1n) is 7.64. The monoisotopic (exact) mass is 282 g/mol. The highest BCUT2D eigenvalue weighted by molar-refractivity contribution is 5.20. The Bertz CT molecular complexity index is 508. The van der Waals surface area contributed by atoms with Gasteiger partial charge < -0.3 is 4.90 Å². The molecular weight excluding hydrogens is 256 g/mol. The molecule has 112 valence electrons. The zero-order chi connectivity index (χ0) is 15.1. The molecule has 0 saturated heterocycles. The quantitative estimate of drug-likeness (QED) is 0.762. The van der Waals surface area contributed by atoms with Crippen LogP contribution in [-0.4, -0.2) is 37.0 Å². The first-order chi connectivity index (χ1) is 10.2. The molecule has 21 heavy (non-hydrogen) atoms. The Morgan fingerprint density at radius 1 is 0.810 bits per heavy atom. The summed E-state index contributed by atoms with van der Waals surface area (Å²) in [6, 6.07) is 21.9. The number of benzene rings is 2. The molecule has 0 N–H and O–H groups in total. The average Bonchev–Trinajstić information content (AvgIpc) is 2.52. The molecule has 0 aliphatic heterocycles. The second-order valence-electron chi connectivity index (χ2n) is 5.85. The highest BCUT2D eigenvalue weighted by atomic mass is 15.2. The fourth-order valence-electron chi connectivity index (χ4n) is 2.50. The van der Waals surface area contributed by atoms with Crippen LogP contribution in [0.15, 0.2) is 60.7 Å². The number of likely N-dealkylation sites (N-methyl/N-ethyl adjacent to an activating group) is 1. The molecular formula is C19H26N2. The van der Waals surface area contributed by atoms with Crippen LogP contribution < -0.4 is 0 Å². The van der Waals surface area contributed by atoms with Gasteiger partial charge in [0, 0.05) is 25.7 Å². The first kappa shape index (κ1) is 15.7. The molecule has 0 aromatic heterocycles. The summed E-state index contributed by atoms with van der Waals surface area (Å²) < 4.78 is 0. The van der Waals surface area contributed by atoms with Crippen LogP contribution in [0.2, 0.25) is 0 Å². The molecule has 2 aromatic carbocycles. The fraction of sp³-hybridized carbons (Fsp3) is 0.368. The Hall–Kier alpha value is -1.64. The van der Waals surface area contributed by atoms with E-state index < -0.39 is 0 Å². The summed E-state index contributed by atoms with van der Waals surface area (Å²) in [4.78, 5) is 4.79. The predicted molar refractivity (Wildman–Crippen MR) is 90.3 cm³/mol. The molecule has 2 rings (SSSR count). The van der Waals surface area contributed by atoms with Crippen molar-refractivity contribution in [3.05, 3.63) is 71.8 Å². The molecule has 0 heterocycles. The van der Waals surface area contributed by atoms with E-state index >= 15 is 0 Å². The molecule has 0 aliphatic rings. The van der Waals surface area contributed by atoms with Crippen molar-refractivity contribution >= 4 is 0 Å². The molecule has 2 aromatic rings. The maximum atomic E-state index is 2.55. The molecule has 1 atom stereocenters. The Kier molecular flexibility index (Phi) is 5.97. The van der Waals surface area contributed by atoms with Gasteiger partial charge in [0.1, 0.15) is 0 Å². The van der Waals surface area contributed by atoms with Crippen molar-refractivity contribution in [2.75, 3.05) is 27.2 Å². The maximum absolute atomic E-state index is 2.55. The van der Waals surface area contributed by atoms with Crippen LogP contribution in [0.3, 0.4) is 0 Å². The molecule has 0 saturated carbocycles. The van der Waals surface area contributed by atoms with E-state index in [-0.39, 0.29) is 0 Å². The van der Waals surface area contributed by atoms with Gasteiger partial charge in [0.15, 0.2) is 0 Å². The lowest BCUT2D eigenvalue weighted by Crippen LogP contribution is -2.33. The summed E-state index contributed by atoms with van der Waals surface area (Å²) in [6.07, 6.45) is 0. The van der Waals surface area contributed by atoms with Gasteiger partial charge in [-0.25, -0.2) is 0 Å². The number of rotatable bonds is 7. The number of hydrogen-bond acceptors (Lipinski definition) is 2. The van der Waals surface area contributed by atoms with Gasteiger partial charge in [-0.15, -0.1) is 0 Å². The smallest absolute Gasteiger partial charge is 0.0323 e. The van der Waals surface area contributed by atoms with E-state index in [0.717, 1.165) is 19.6 Å². The van der Waals surface area contributed by atoms with Crippen LogP contribution in [0.25, 0.3) is 0 Å². The predicted octanol–water partition coefficient (Wildman–Crippen LogP) is 3.81. The minimum Gasteiger partial charge on any atom is -0.308 e. The lowest BCUT2D eigenvalue weighted by Gasteiger charge is -2.30. The van der Waals surface area contributed by atoms with E-state index in [1.807, 2.05) is 0 Å². The van der Waals surface area contributed by atoms with Gasteiger partial charge in [-0.3, -0.25) is 4.90 Å². The molecule has 0 aliphatic carbocycles. The second kappa shape index (κ2) is 7.96. The topological polar surface area (TPSA) is 6.48 Å². The van der Waals surface area contributed by atoms with Crippen molar-refractivity contribution in [3.63, 3.8) is 0 Å². The van der Waals surface area contributed by atoms with E-state index in [1.165, 1.54) is 11.1 Å². The summed E-state index contributed by atoms with van der Waals surface area (Å²) in [5.74, 6) is 0. The molecule has 2 nitrogen and oxygen atoms in total. The minimum absolute atomic E-state index is 0.423. The van der Waals surface area contributed by atoms with Crippen molar-refractivity contribution in [2.24, 2.45) is 0 Å². The summed E-state index contributed by atoms with van der Waals surface area (Å²) in [7, 11) is 4.27. The van der Waals surface area contributed by atoms with Crippen molar-refractivity contribution in [1.82, 2.24) is 9.80 Å². The molecule has 0 fully saturated rings. The van der Waals surface area contributed by atoms with Crippen LogP contribution in [-0.2, 0) is 6.54 Å². The molecule has 0 radical (unpaired) electrons. The van der Waals surface area contributed by atoms with Crippen LogP contribution in [0.4, 0.5) is 0 Å².